The van der Waals surface area contributed by atoms with Gasteiger partial charge < -0.3 is 4.90 Å². The average Bonchev–Trinajstić information content (AvgIpc) is 3.37. The van der Waals surface area contributed by atoms with Gasteiger partial charge in [0.05, 0.1) is 10.7 Å². The molecule has 1 aromatic heterocycles. The van der Waals surface area contributed by atoms with Gasteiger partial charge in [0, 0.05) is 24.9 Å². The Morgan fingerprint density at radius 2 is 1.68 bits per heavy atom. The lowest BCUT2D eigenvalue weighted by atomic mass is 9.94. The van der Waals surface area contributed by atoms with Gasteiger partial charge in [-0.25, -0.2) is 8.78 Å². The molecular weight excluding hydrogens is 636 g/mol. The molecule has 7 nitrogen and oxygen atoms in total. The van der Waals surface area contributed by atoms with Crippen molar-refractivity contribution < 1.29 is 34.7 Å². The molecule has 5 rings (SSSR count). The van der Waals surface area contributed by atoms with Gasteiger partial charge in [-0.2, -0.15) is 16.8 Å². The standard InChI is InChI=1S/C27H22ClF2NO6S4/c28-27-16(4-8-24-21(14-40(32,33)34)20-12-18(29)6-9-23(20)38-24)2-1-3-17(27)5-11-26-31(15-41(35,36)37)22-13-19(30)7-10-25(22)39-26/h4-13H,1-3,14-15H2,(H,32,33,34)(H,35,36,37)/b8-4?,17-5+,26-11?. The molecule has 0 saturated heterocycles. The quantitative estimate of drug-likeness (QED) is 0.252. The maximum atomic E-state index is 13.9. The van der Waals surface area contributed by atoms with Crippen LogP contribution < -0.4 is 4.90 Å². The SMILES string of the molecule is O=S(=O)(O)Cc1c(C=CC2=C(Cl)/C(=C/C=C3Sc4ccc(F)cc4N3CS(=O)(=O)O)CCC2)sc2ccc(F)cc12. The van der Waals surface area contributed by atoms with Crippen LogP contribution in [0.1, 0.15) is 29.7 Å². The minimum Gasteiger partial charge on any atom is -0.317 e. The van der Waals surface area contributed by atoms with Crippen molar-refractivity contribution in [3.63, 3.8) is 0 Å². The Morgan fingerprint density at radius 3 is 2.41 bits per heavy atom. The van der Waals surface area contributed by atoms with Gasteiger partial charge in [0.15, 0.2) is 5.88 Å². The molecular formula is C27H22ClF2NO6S4. The van der Waals surface area contributed by atoms with Gasteiger partial charge in [0.1, 0.15) is 17.4 Å². The number of fused-ring (bicyclic) bond motifs is 2. The summed E-state index contributed by atoms with van der Waals surface area (Å²) in [5, 5.41) is 1.35. The molecule has 3 aromatic rings. The molecule has 2 N–H and O–H groups in total. The molecule has 1 aliphatic heterocycles. The second-order valence-electron chi connectivity index (χ2n) is 9.39. The fraction of sp³-hybridized carbons (Fsp3) is 0.185. The first-order valence-electron chi connectivity index (χ1n) is 12.1. The first kappa shape index (κ1) is 30.0. The largest absolute Gasteiger partial charge is 0.317 e. The number of thiophene rings is 1. The van der Waals surface area contributed by atoms with Crippen LogP contribution in [0.2, 0.25) is 0 Å². The van der Waals surface area contributed by atoms with Gasteiger partial charge in [0.25, 0.3) is 20.2 Å². The first-order chi connectivity index (χ1) is 19.3. The maximum absolute atomic E-state index is 13.9. The number of nitrogens with zero attached hydrogens (tertiary/aromatic N) is 1. The molecule has 0 saturated carbocycles. The van der Waals surface area contributed by atoms with E-state index in [-0.39, 0.29) is 0 Å². The summed E-state index contributed by atoms with van der Waals surface area (Å²) in [6.07, 6.45) is 8.93. The third kappa shape index (κ3) is 7.11. The van der Waals surface area contributed by atoms with Crippen LogP contribution in [0.5, 0.6) is 0 Å². The minimum absolute atomic E-state index is 0.296. The van der Waals surface area contributed by atoms with Crippen LogP contribution in [0, 0.1) is 11.6 Å². The normalized spacial score (nSPS) is 18.4. The maximum Gasteiger partial charge on any atom is 0.283 e. The zero-order chi connectivity index (χ0) is 29.5. The van der Waals surface area contributed by atoms with Crippen LogP contribution in [0.3, 0.4) is 0 Å². The van der Waals surface area contributed by atoms with Gasteiger partial charge in [-0.05, 0) is 84.5 Å². The van der Waals surface area contributed by atoms with E-state index in [9.17, 15) is 34.7 Å². The third-order valence-corrected chi connectivity index (χ3v) is 10.4. The van der Waals surface area contributed by atoms with E-state index >= 15 is 0 Å². The summed E-state index contributed by atoms with van der Waals surface area (Å²) in [5.41, 5.74) is 2.18. The molecule has 0 bridgehead atoms. The first-order valence-corrected chi connectivity index (χ1v) is 17.3. The summed E-state index contributed by atoms with van der Waals surface area (Å²) in [6.45, 7) is 0. The van der Waals surface area contributed by atoms with Crippen LogP contribution in [0.25, 0.3) is 16.2 Å². The van der Waals surface area contributed by atoms with Crippen molar-refractivity contribution in [1.29, 1.82) is 0 Å². The number of allylic oxidation sites excluding steroid dienone is 6. The van der Waals surface area contributed by atoms with E-state index in [0.29, 0.717) is 54.0 Å². The van der Waals surface area contributed by atoms with Gasteiger partial charge in [0.2, 0.25) is 0 Å². The van der Waals surface area contributed by atoms with E-state index in [2.05, 4.69) is 0 Å². The van der Waals surface area contributed by atoms with E-state index in [1.165, 1.54) is 58.3 Å². The van der Waals surface area contributed by atoms with Crippen molar-refractivity contribution in [3.8, 4) is 0 Å². The minimum atomic E-state index is -4.41. The van der Waals surface area contributed by atoms with Crippen molar-refractivity contribution in [2.45, 2.75) is 29.9 Å². The highest BCUT2D eigenvalue weighted by Gasteiger charge is 2.29. The Bertz CT molecular complexity index is 1900. The second-order valence-corrected chi connectivity index (χ2v) is 14.8. The van der Waals surface area contributed by atoms with Crippen molar-refractivity contribution in [2.24, 2.45) is 0 Å². The molecule has 0 fully saturated rings. The van der Waals surface area contributed by atoms with E-state index in [1.807, 2.05) is 0 Å². The lowest BCUT2D eigenvalue weighted by Crippen LogP contribution is -2.25. The Kier molecular flexibility index (Phi) is 8.50. The van der Waals surface area contributed by atoms with E-state index < -0.39 is 43.5 Å². The molecule has 0 amide bonds. The Hall–Kier alpha value is -2.52. The highest BCUT2D eigenvalue weighted by molar-refractivity contribution is 8.03. The highest BCUT2D eigenvalue weighted by Crippen LogP contribution is 2.47. The van der Waals surface area contributed by atoms with Crippen molar-refractivity contribution >= 4 is 76.8 Å². The smallest absolute Gasteiger partial charge is 0.283 e. The van der Waals surface area contributed by atoms with E-state index in [0.717, 1.165) is 17.6 Å². The lowest BCUT2D eigenvalue weighted by molar-refractivity contribution is 0.480. The monoisotopic (exact) mass is 657 g/mol. The van der Waals surface area contributed by atoms with Crippen molar-refractivity contribution in [3.05, 3.63) is 97.9 Å². The number of hydrogen-bond donors (Lipinski definition) is 2. The predicted molar refractivity (Wildman–Crippen MR) is 160 cm³/mol. The number of hydrogen-bond acceptors (Lipinski definition) is 7. The van der Waals surface area contributed by atoms with Crippen molar-refractivity contribution in [2.75, 3.05) is 10.8 Å². The molecule has 0 radical (unpaired) electrons. The van der Waals surface area contributed by atoms with Crippen LogP contribution in [-0.4, -0.2) is 31.8 Å². The average molecular weight is 658 g/mol. The number of rotatable bonds is 7. The van der Waals surface area contributed by atoms with E-state index in [1.54, 1.807) is 30.4 Å². The summed E-state index contributed by atoms with van der Waals surface area (Å²) >= 11 is 9.24. The molecule has 2 aliphatic rings. The number of thioether (sulfide) groups is 1. The Balaban J connectivity index is 1.47. The summed E-state index contributed by atoms with van der Waals surface area (Å²) < 4.78 is 94.1. The van der Waals surface area contributed by atoms with Crippen LogP contribution in [0.4, 0.5) is 14.5 Å². The summed E-state index contributed by atoms with van der Waals surface area (Å²) in [7, 11) is -8.78. The molecule has 2 aromatic carbocycles. The number of halogens is 3. The zero-order valence-corrected chi connectivity index (χ0v) is 25.1. The summed E-state index contributed by atoms with van der Waals surface area (Å²) in [4.78, 5) is 2.50. The van der Waals surface area contributed by atoms with Crippen LogP contribution in [0.15, 0.2) is 80.7 Å². The third-order valence-electron chi connectivity index (χ3n) is 6.41. The van der Waals surface area contributed by atoms with Gasteiger partial charge in [-0.1, -0.05) is 35.5 Å². The lowest BCUT2D eigenvalue weighted by Gasteiger charge is -2.19. The molecule has 14 heteroatoms. The topological polar surface area (TPSA) is 112 Å². The van der Waals surface area contributed by atoms with Crippen LogP contribution in [-0.2, 0) is 26.0 Å². The number of benzene rings is 2. The number of anilines is 1. The van der Waals surface area contributed by atoms with E-state index in [4.69, 9.17) is 11.6 Å². The van der Waals surface area contributed by atoms with Crippen molar-refractivity contribution in [1.82, 2.24) is 0 Å². The fourth-order valence-electron chi connectivity index (χ4n) is 4.66. The molecule has 2 heterocycles. The Morgan fingerprint density at radius 1 is 0.951 bits per heavy atom. The molecule has 0 atom stereocenters. The molecule has 41 heavy (non-hydrogen) atoms. The zero-order valence-electron chi connectivity index (χ0n) is 21.1. The molecule has 1 aliphatic carbocycles. The molecule has 0 unspecified atom stereocenters. The van der Waals surface area contributed by atoms with Gasteiger partial charge in [-0.15, -0.1) is 11.3 Å². The van der Waals surface area contributed by atoms with Crippen LogP contribution >= 0.6 is 34.7 Å². The fourth-order valence-corrected chi connectivity index (χ4v) is 8.58. The summed E-state index contributed by atoms with van der Waals surface area (Å²) in [5.74, 6) is -2.46. The Labute approximate surface area is 249 Å². The summed E-state index contributed by atoms with van der Waals surface area (Å²) in [6, 6.07) is 8.09. The highest BCUT2D eigenvalue weighted by atomic mass is 35.5. The molecule has 216 valence electrons. The van der Waals surface area contributed by atoms with Gasteiger partial charge >= 0.3 is 0 Å². The molecule has 0 spiro atoms. The van der Waals surface area contributed by atoms with Gasteiger partial charge in [-0.3, -0.25) is 9.11 Å². The predicted octanol–water partition coefficient (Wildman–Crippen LogP) is 7.48. The second kappa shape index (κ2) is 11.6.